The van der Waals surface area contributed by atoms with E-state index in [0.717, 1.165) is 10.2 Å². The second kappa shape index (κ2) is 6.29. The Balaban J connectivity index is 1.89. The van der Waals surface area contributed by atoms with Crippen molar-refractivity contribution in [3.05, 3.63) is 35.1 Å². The molecule has 1 aliphatic rings. The van der Waals surface area contributed by atoms with Gasteiger partial charge in [-0.25, -0.2) is 4.98 Å². The summed E-state index contributed by atoms with van der Waals surface area (Å²) in [6, 6.07) is 7.59. The van der Waals surface area contributed by atoms with Crippen molar-refractivity contribution in [2.75, 3.05) is 24.4 Å². The number of fused-ring (bicyclic) bond motifs is 1. The van der Waals surface area contributed by atoms with Crippen LogP contribution in [0.3, 0.4) is 0 Å². The first-order chi connectivity index (χ1) is 10.7. The quantitative estimate of drug-likeness (QED) is 0.865. The van der Waals surface area contributed by atoms with Gasteiger partial charge in [-0.15, -0.1) is 0 Å². The molecule has 2 N–H and O–H groups in total. The van der Waals surface area contributed by atoms with Gasteiger partial charge >= 0.3 is 0 Å². The Labute approximate surface area is 135 Å². The van der Waals surface area contributed by atoms with Gasteiger partial charge in [-0.2, -0.15) is 4.98 Å². The minimum Gasteiger partial charge on any atom is -0.460 e. The lowest BCUT2D eigenvalue weighted by Gasteiger charge is -2.25. The van der Waals surface area contributed by atoms with Crippen molar-refractivity contribution in [2.45, 2.75) is 6.10 Å². The van der Waals surface area contributed by atoms with E-state index in [-0.39, 0.29) is 12.5 Å². The molecular formula is C14H13BrN4O3. The summed E-state index contributed by atoms with van der Waals surface area (Å²) in [5.41, 5.74) is 1.24. The average molecular weight is 365 g/mol. The molecule has 1 aliphatic heterocycles. The van der Waals surface area contributed by atoms with Gasteiger partial charge in [0.1, 0.15) is 12.0 Å². The zero-order chi connectivity index (χ0) is 15.5. The number of anilines is 3. The van der Waals surface area contributed by atoms with E-state index in [1.807, 2.05) is 24.3 Å². The van der Waals surface area contributed by atoms with E-state index in [9.17, 15) is 4.79 Å². The summed E-state index contributed by atoms with van der Waals surface area (Å²) in [5, 5.41) is 5.89. The number of hydrogen-bond acceptors (Lipinski definition) is 6. The molecular weight excluding hydrogens is 352 g/mol. The highest BCUT2D eigenvalue weighted by molar-refractivity contribution is 9.10. The fourth-order valence-electron chi connectivity index (χ4n) is 2.02. The number of hydrogen-bond donors (Lipinski definition) is 2. The number of nitrogens with one attached hydrogen (secondary N) is 2. The van der Waals surface area contributed by atoms with Gasteiger partial charge < -0.3 is 20.1 Å². The van der Waals surface area contributed by atoms with Gasteiger partial charge in [-0.05, 0) is 18.2 Å². The van der Waals surface area contributed by atoms with E-state index in [1.54, 1.807) is 0 Å². The lowest BCUT2D eigenvalue weighted by molar-refractivity contribution is -0.125. The summed E-state index contributed by atoms with van der Waals surface area (Å²) in [6.45, 7) is 0.156. The van der Waals surface area contributed by atoms with Crippen LogP contribution >= 0.6 is 15.9 Å². The molecule has 22 heavy (non-hydrogen) atoms. The van der Waals surface area contributed by atoms with Gasteiger partial charge in [0.15, 0.2) is 5.82 Å². The molecule has 1 atom stereocenters. The highest BCUT2D eigenvalue weighted by atomic mass is 79.9. The number of methoxy groups -OCH3 is 1. The SMILES string of the molecule is COC[C@@H]1Oc2ncnc(Nc3cccc(Br)c3)c2NC1=O. The molecule has 0 fully saturated rings. The molecule has 7 nitrogen and oxygen atoms in total. The van der Waals surface area contributed by atoms with Crippen LogP contribution in [0.4, 0.5) is 17.2 Å². The lowest BCUT2D eigenvalue weighted by Crippen LogP contribution is -2.40. The molecule has 1 aromatic heterocycles. The van der Waals surface area contributed by atoms with Crippen LogP contribution in [0.5, 0.6) is 5.88 Å². The molecule has 3 rings (SSSR count). The molecule has 1 aromatic carbocycles. The number of carbonyl (C=O) groups excluding carboxylic acids is 1. The van der Waals surface area contributed by atoms with Crippen molar-refractivity contribution in [2.24, 2.45) is 0 Å². The second-order valence-corrected chi connectivity index (χ2v) is 5.50. The van der Waals surface area contributed by atoms with Crippen molar-refractivity contribution < 1.29 is 14.3 Å². The van der Waals surface area contributed by atoms with E-state index in [0.29, 0.717) is 17.4 Å². The van der Waals surface area contributed by atoms with Crippen LogP contribution in [-0.4, -0.2) is 35.7 Å². The van der Waals surface area contributed by atoms with Crippen molar-refractivity contribution in [1.29, 1.82) is 0 Å². The summed E-state index contributed by atoms with van der Waals surface area (Å²) >= 11 is 3.40. The van der Waals surface area contributed by atoms with Gasteiger partial charge in [-0.3, -0.25) is 4.79 Å². The Morgan fingerprint density at radius 1 is 1.45 bits per heavy atom. The molecule has 2 heterocycles. The zero-order valence-electron chi connectivity index (χ0n) is 11.7. The standard InChI is InChI=1S/C14H13BrN4O3/c1-21-6-10-13(20)19-11-12(16-7-17-14(11)22-10)18-9-4-2-3-8(15)5-9/h2-5,7,10H,6H2,1H3,(H,19,20)(H,16,17,18)/t10-/m0/s1. The maximum Gasteiger partial charge on any atom is 0.268 e. The number of ether oxygens (including phenoxy) is 2. The predicted molar refractivity (Wildman–Crippen MR) is 84.4 cm³/mol. The summed E-state index contributed by atoms with van der Waals surface area (Å²) in [7, 11) is 1.51. The summed E-state index contributed by atoms with van der Waals surface area (Å²) in [4.78, 5) is 20.2. The highest BCUT2D eigenvalue weighted by Gasteiger charge is 2.30. The predicted octanol–water partition coefficient (Wildman–Crippen LogP) is 2.33. The maximum absolute atomic E-state index is 12.0. The number of amides is 1. The first kappa shape index (κ1) is 14.7. The van der Waals surface area contributed by atoms with Crippen molar-refractivity contribution in [3.63, 3.8) is 0 Å². The normalized spacial score (nSPS) is 16.5. The fraction of sp³-hybridized carbons (Fsp3) is 0.214. The van der Waals surface area contributed by atoms with Crippen molar-refractivity contribution in [1.82, 2.24) is 9.97 Å². The molecule has 1 amide bonds. The van der Waals surface area contributed by atoms with Gasteiger partial charge in [0.25, 0.3) is 5.91 Å². The van der Waals surface area contributed by atoms with E-state index >= 15 is 0 Å². The van der Waals surface area contributed by atoms with Crippen molar-refractivity contribution in [3.8, 4) is 5.88 Å². The number of halogens is 1. The minimum atomic E-state index is -0.717. The topological polar surface area (TPSA) is 85.4 Å². The molecule has 114 valence electrons. The third-order valence-electron chi connectivity index (χ3n) is 3.01. The third-order valence-corrected chi connectivity index (χ3v) is 3.51. The van der Waals surface area contributed by atoms with E-state index in [4.69, 9.17) is 9.47 Å². The van der Waals surface area contributed by atoms with Gasteiger partial charge in [0.05, 0.1) is 6.61 Å². The molecule has 0 spiro atoms. The van der Waals surface area contributed by atoms with Crippen LogP contribution in [0.25, 0.3) is 0 Å². The first-order valence-electron chi connectivity index (χ1n) is 6.51. The summed E-state index contributed by atoms with van der Waals surface area (Å²) < 4.78 is 11.4. The largest absolute Gasteiger partial charge is 0.460 e. The fourth-order valence-corrected chi connectivity index (χ4v) is 2.42. The van der Waals surface area contributed by atoms with Crippen LogP contribution in [0.2, 0.25) is 0 Å². The van der Waals surface area contributed by atoms with Gasteiger partial charge in [0.2, 0.25) is 12.0 Å². The smallest absolute Gasteiger partial charge is 0.268 e. The number of aromatic nitrogens is 2. The van der Waals surface area contributed by atoms with Crippen LogP contribution in [0.15, 0.2) is 35.1 Å². The summed E-state index contributed by atoms with van der Waals surface area (Å²) in [6.07, 6.45) is 0.659. The molecule has 2 aromatic rings. The van der Waals surface area contributed by atoms with E-state index < -0.39 is 6.10 Å². The number of benzene rings is 1. The van der Waals surface area contributed by atoms with E-state index in [1.165, 1.54) is 13.4 Å². The molecule has 0 bridgehead atoms. The van der Waals surface area contributed by atoms with Crippen molar-refractivity contribution >= 4 is 39.0 Å². The Morgan fingerprint density at radius 3 is 3.09 bits per heavy atom. The van der Waals surface area contributed by atoms with Gasteiger partial charge in [-0.1, -0.05) is 22.0 Å². The highest BCUT2D eigenvalue weighted by Crippen LogP contribution is 2.34. The Bertz CT molecular complexity index is 710. The Hall–Kier alpha value is -2.19. The first-order valence-corrected chi connectivity index (χ1v) is 7.30. The molecule has 0 radical (unpaired) electrons. The maximum atomic E-state index is 12.0. The van der Waals surface area contributed by atoms with Crippen LogP contribution in [0.1, 0.15) is 0 Å². The number of carbonyl (C=O) groups is 1. The third kappa shape index (κ3) is 3.02. The second-order valence-electron chi connectivity index (χ2n) is 4.59. The number of rotatable bonds is 4. The number of nitrogens with zero attached hydrogens (tertiary/aromatic N) is 2. The van der Waals surface area contributed by atoms with Gasteiger partial charge in [0, 0.05) is 17.3 Å². The lowest BCUT2D eigenvalue weighted by atomic mass is 10.2. The minimum absolute atomic E-state index is 0.156. The molecule has 8 heteroatoms. The summed E-state index contributed by atoms with van der Waals surface area (Å²) in [5.74, 6) is 0.489. The van der Waals surface area contributed by atoms with Crippen LogP contribution in [0, 0.1) is 0 Å². The van der Waals surface area contributed by atoms with Crippen LogP contribution < -0.4 is 15.4 Å². The van der Waals surface area contributed by atoms with Crippen LogP contribution in [-0.2, 0) is 9.53 Å². The van der Waals surface area contributed by atoms with E-state index in [2.05, 4.69) is 36.5 Å². The molecule has 0 saturated carbocycles. The average Bonchev–Trinajstić information content (AvgIpc) is 2.49. The molecule has 0 saturated heterocycles. The molecule has 0 unspecified atom stereocenters. The Kier molecular flexibility index (Phi) is 4.21. The zero-order valence-corrected chi connectivity index (χ0v) is 13.3. The monoisotopic (exact) mass is 364 g/mol. The Morgan fingerprint density at radius 2 is 2.32 bits per heavy atom. The molecule has 0 aliphatic carbocycles.